The molecule has 0 aromatic carbocycles. The summed E-state index contributed by atoms with van der Waals surface area (Å²) >= 11 is 1.69. The summed E-state index contributed by atoms with van der Waals surface area (Å²) in [7, 11) is 2.00. The summed E-state index contributed by atoms with van der Waals surface area (Å²) < 4.78 is 2.04. The third-order valence-corrected chi connectivity index (χ3v) is 6.29. The van der Waals surface area contributed by atoms with Crippen molar-refractivity contribution in [1.82, 2.24) is 29.7 Å². The number of hydrogen-bond acceptors (Lipinski definition) is 4. The molecule has 2 N–H and O–H groups in total. The molecule has 7 heteroatoms. The monoisotopic (exact) mass is 426 g/mol. The first-order chi connectivity index (χ1) is 15.1. The van der Waals surface area contributed by atoms with Gasteiger partial charge in [-0.3, -0.25) is 10.1 Å². The van der Waals surface area contributed by atoms with Crippen LogP contribution in [0.4, 0.5) is 0 Å². The van der Waals surface area contributed by atoms with E-state index in [9.17, 15) is 0 Å². The predicted octanol–water partition coefficient (Wildman–Crippen LogP) is 5.65. The van der Waals surface area contributed by atoms with Crippen molar-refractivity contribution in [2.24, 2.45) is 7.05 Å². The molecule has 0 bridgehead atoms. The number of H-pyrrole nitrogens is 2. The van der Waals surface area contributed by atoms with Crippen LogP contribution < -0.4 is 0 Å². The van der Waals surface area contributed by atoms with Gasteiger partial charge >= 0.3 is 0 Å². The maximum absolute atomic E-state index is 4.61. The molecular formula is C24H22N6S. The van der Waals surface area contributed by atoms with Crippen LogP contribution in [0.3, 0.4) is 0 Å². The molecule has 31 heavy (non-hydrogen) atoms. The fourth-order valence-corrected chi connectivity index (χ4v) is 4.50. The zero-order valence-electron chi connectivity index (χ0n) is 17.6. The van der Waals surface area contributed by atoms with Crippen LogP contribution in [0, 0.1) is 13.8 Å². The van der Waals surface area contributed by atoms with Crippen LogP contribution in [0.25, 0.3) is 39.3 Å². The Morgan fingerprint density at radius 2 is 2.06 bits per heavy atom. The van der Waals surface area contributed by atoms with Gasteiger partial charge in [0.25, 0.3) is 0 Å². The molecule has 0 spiro atoms. The number of pyridine rings is 1. The van der Waals surface area contributed by atoms with Gasteiger partial charge in [0.1, 0.15) is 11.5 Å². The van der Waals surface area contributed by atoms with Gasteiger partial charge in [0.15, 0.2) is 0 Å². The minimum Gasteiger partial charge on any atom is -0.357 e. The van der Waals surface area contributed by atoms with Gasteiger partial charge in [-0.1, -0.05) is 18.7 Å². The summed E-state index contributed by atoms with van der Waals surface area (Å²) in [6.07, 6.45) is 7.57. The average molecular weight is 427 g/mol. The first-order valence-electron chi connectivity index (χ1n) is 9.95. The normalized spacial score (nSPS) is 12.0. The molecule has 6 nitrogen and oxygen atoms in total. The van der Waals surface area contributed by atoms with Crippen LogP contribution in [0.1, 0.15) is 22.6 Å². The van der Waals surface area contributed by atoms with Crippen molar-refractivity contribution in [3.05, 3.63) is 82.7 Å². The summed E-state index contributed by atoms with van der Waals surface area (Å²) in [5.74, 6) is 0.948. The number of nitrogens with one attached hydrogen (secondary N) is 2. The molecule has 0 aliphatic carbocycles. The molecule has 5 heterocycles. The fraction of sp³-hybridized carbons (Fsp3) is 0.125. The summed E-state index contributed by atoms with van der Waals surface area (Å²) in [5, 5.41) is 13.0. The summed E-state index contributed by atoms with van der Waals surface area (Å²) in [4.78, 5) is 12.5. The van der Waals surface area contributed by atoms with E-state index in [0.717, 1.165) is 56.3 Å². The Balaban J connectivity index is 1.63. The Hall–Kier alpha value is -3.71. The van der Waals surface area contributed by atoms with E-state index in [4.69, 9.17) is 0 Å². The highest BCUT2D eigenvalue weighted by molar-refractivity contribution is 7.08. The lowest BCUT2D eigenvalue weighted by Crippen LogP contribution is -1.95. The molecule has 5 rings (SSSR count). The Labute approximate surface area is 184 Å². The second-order valence-corrected chi connectivity index (χ2v) is 8.27. The molecule has 0 saturated heterocycles. The smallest absolute Gasteiger partial charge is 0.116 e. The molecule has 0 radical (unpaired) electrons. The molecule has 5 aromatic rings. The molecule has 0 amide bonds. The minimum absolute atomic E-state index is 0.868. The summed E-state index contributed by atoms with van der Waals surface area (Å²) in [6.45, 7) is 7.96. The topological polar surface area (TPSA) is 75.2 Å². The second-order valence-electron chi connectivity index (χ2n) is 7.49. The number of aromatic nitrogens is 6. The van der Waals surface area contributed by atoms with Crippen LogP contribution in [0.5, 0.6) is 0 Å². The molecular weight excluding hydrogens is 404 g/mol. The number of rotatable bonds is 5. The number of aryl methyl sites for hydroxylation is 2. The third-order valence-electron chi connectivity index (χ3n) is 5.61. The average Bonchev–Trinajstić information content (AvgIpc) is 3.55. The SMILES string of the molecule is C=C/C=C(/c1ccsc1)c1cc(-c2n[nH]c3cnc(-c4cnc(C)n4C)cc23)[nH]c1C. The Bertz CT molecular complexity index is 1430. The first-order valence-corrected chi connectivity index (χ1v) is 10.9. The van der Waals surface area contributed by atoms with E-state index in [2.05, 4.69) is 73.7 Å². The van der Waals surface area contributed by atoms with Gasteiger partial charge in [-0.25, -0.2) is 4.98 Å². The minimum atomic E-state index is 0.868. The number of fused-ring (bicyclic) bond motifs is 1. The fourth-order valence-electron chi connectivity index (χ4n) is 3.84. The number of nitrogens with zero attached hydrogens (tertiary/aromatic N) is 4. The van der Waals surface area contributed by atoms with E-state index in [-0.39, 0.29) is 0 Å². The van der Waals surface area contributed by atoms with Crippen molar-refractivity contribution in [3.8, 4) is 22.8 Å². The van der Waals surface area contributed by atoms with E-state index in [1.165, 1.54) is 5.56 Å². The van der Waals surface area contributed by atoms with Crippen molar-refractivity contribution < 1.29 is 0 Å². The number of aromatic amines is 2. The quantitative estimate of drug-likeness (QED) is 0.357. The first kappa shape index (κ1) is 19.3. The van der Waals surface area contributed by atoms with Crippen LogP contribution in [-0.4, -0.2) is 29.7 Å². The van der Waals surface area contributed by atoms with E-state index in [0.29, 0.717) is 0 Å². The summed E-state index contributed by atoms with van der Waals surface area (Å²) in [5.41, 5.74) is 9.12. The van der Waals surface area contributed by atoms with E-state index < -0.39 is 0 Å². The van der Waals surface area contributed by atoms with Gasteiger partial charge in [0.2, 0.25) is 0 Å². The van der Waals surface area contributed by atoms with Crippen molar-refractivity contribution in [1.29, 1.82) is 0 Å². The maximum Gasteiger partial charge on any atom is 0.116 e. The molecule has 0 atom stereocenters. The van der Waals surface area contributed by atoms with Gasteiger partial charge < -0.3 is 9.55 Å². The predicted molar refractivity (Wildman–Crippen MR) is 127 cm³/mol. The van der Waals surface area contributed by atoms with E-state index in [1.807, 2.05) is 37.0 Å². The van der Waals surface area contributed by atoms with Crippen LogP contribution in [0.2, 0.25) is 0 Å². The van der Waals surface area contributed by atoms with Crippen molar-refractivity contribution >= 4 is 27.8 Å². The Morgan fingerprint density at radius 3 is 2.77 bits per heavy atom. The molecule has 0 aliphatic heterocycles. The molecule has 0 fully saturated rings. The zero-order chi connectivity index (χ0) is 21.5. The molecule has 154 valence electrons. The number of hydrogen-bond donors (Lipinski definition) is 2. The zero-order valence-corrected chi connectivity index (χ0v) is 18.4. The molecule has 0 saturated carbocycles. The standard InChI is InChI=1S/C24H22N6S/c1-5-6-17(16-7-8-31-13-16)18-9-21(27-14(18)2)24-19-10-20(26-11-22(19)28-29-24)23-12-25-15(3)30(23)4/h5-13,27H,1H2,2-4H3,(H,28,29)/b17-6-. The highest BCUT2D eigenvalue weighted by Gasteiger charge is 2.17. The lowest BCUT2D eigenvalue weighted by Gasteiger charge is -2.04. The molecule has 5 aromatic heterocycles. The molecule has 0 aliphatic rings. The third kappa shape index (κ3) is 3.23. The van der Waals surface area contributed by atoms with Gasteiger partial charge in [-0.05, 0) is 53.9 Å². The van der Waals surface area contributed by atoms with E-state index >= 15 is 0 Å². The number of thiophene rings is 1. The van der Waals surface area contributed by atoms with Crippen molar-refractivity contribution in [3.63, 3.8) is 0 Å². The lowest BCUT2D eigenvalue weighted by atomic mass is 10.00. The van der Waals surface area contributed by atoms with Crippen molar-refractivity contribution in [2.45, 2.75) is 13.8 Å². The second kappa shape index (κ2) is 7.52. The van der Waals surface area contributed by atoms with Gasteiger partial charge in [0.05, 0.1) is 35.0 Å². The van der Waals surface area contributed by atoms with Crippen molar-refractivity contribution in [2.75, 3.05) is 0 Å². The lowest BCUT2D eigenvalue weighted by molar-refractivity contribution is 0.862. The van der Waals surface area contributed by atoms with Crippen LogP contribution in [-0.2, 0) is 7.05 Å². The highest BCUT2D eigenvalue weighted by atomic mass is 32.1. The highest BCUT2D eigenvalue weighted by Crippen LogP contribution is 2.34. The molecule has 0 unspecified atom stereocenters. The number of imidazole rings is 1. The Kier molecular flexibility index (Phi) is 4.67. The maximum atomic E-state index is 4.61. The van der Waals surface area contributed by atoms with Gasteiger partial charge in [0, 0.05) is 23.7 Å². The van der Waals surface area contributed by atoms with Crippen LogP contribution >= 0.6 is 11.3 Å². The summed E-state index contributed by atoms with van der Waals surface area (Å²) in [6, 6.07) is 6.36. The number of allylic oxidation sites excluding steroid dienone is 2. The Morgan fingerprint density at radius 1 is 1.19 bits per heavy atom. The van der Waals surface area contributed by atoms with E-state index in [1.54, 1.807) is 11.3 Å². The largest absolute Gasteiger partial charge is 0.357 e. The van der Waals surface area contributed by atoms with Gasteiger partial charge in [-0.15, -0.1) is 0 Å². The van der Waals surface area contributed by atoms with Gasteiger partial charge in [-0.2, -0.15) is 16.4 Å². The van der Waals surface area contributed by atoms with Crippen LogP contribution in [0.15, 0.2) is 60.1 Å².